The molecule has 0 saturated carbocycles. The third-order valence-corrected chi connectivity index (χ3v) is 3.87. The molecule has 0 bridgehead atoms. The summed E-state index contributed by atoms with van der Waals surface area (Å²) in [5, 5.41) is 14.8. The van der Waals surface area contributed by atoms with Crippen LogP contribution in [-0.4, -0.2) is 44.5 Å². The average Bonchev–Trinajstić information content (AvgIpc) is 2.94. The Morgan fingerprint density at radius 2 is 2.05 bits per heavy atom. The normalized spacial score (nSPS) is 12.2. The van der Waals surface area contributed by atoms with Gasteiger partial charge in [0.25, 0.3) is 0 Å². The highest BCUT2D eigenvalue weighted by Crippen LogP contribution is 2.27. The molecule has 118 valence electrons. The molecule has 0 radical (unpaired) electrons. The first-order valence-electron chi connectivity index (χ1n) is 6.91. The summed E-state index contributed by atoms with van der Waals surface area (Å²) in [6.07, 6.45) is 0. The zero-order chi connectivity index (χ0) is 16.1. The largest absolute Gasteiger partial charge is 0.494 e. The van der Waals surface area contributed by atoms with Gasteiger partial charge >= 0.3 is 0 Å². The Morgan fingerprint density at radius 3 is 2.73 bits per heavy atom. The van der Waals surface area contributed by atoms with Gasteiger partial charge in [0.1, 0.15) is 11.4 Å². The number of ether oxygens (including phenoxy) is 1. The molecule has 1 aromatic heterocycles. The molecule has 1 amide bonds. The molecule has 1 atom stereocenters. The fourth-order valence-corrected chi connectivity index (χ4v) is 2.63. The SMILES string of the molecule is COc1ccccc1-n1nnnc1S[C@@H](C)C(=O)NC(C)C. The molecule has 0 saturated heterocycles. The van der Waals surface area contributed by atoms with Crippen molar-refractivity contribution in [3.63, 3.8) is 0 Å². The third kappa shape index (κ3) is 3.76. The summed E-state index contributed by atoms with van der Waals surface area (Å²) < 4.78 is 6.90. The Labute approximate surface area is 133 Å². The molecular weight excluding hydrogens is 302 g/mol. The summed E-state index contributed by atoms with van der Waals surface area (Å²) in [4.78, 5) is 12.0. The van der Waals surface area contributed by atoms with Crippen LogP contribution in [0.4, 0.5) is 0 Å². The van der Waals surface area contributed by atoms with E-state index in [2.05, 4.69) is 20.8 Å². The van der Waals surface area contributed by atoms with Crippen LogP contribution in [0.25, 0.3) is 5.69 Å². The van der Waals surface area contributed by atoms with Crippen LogP contribution < -0.4 is 10.1 Å². The number of carbonyl (C=O) groups excluding carboxylic acids is 1. The van der Waals surface area contributed by atoms with Gasteiger partial charge in [0.2, 0.25) is 11.1 Å². The molecule has 2 aromatic rings. The van der Waals surface area contributed by atoms with Crippen LogP contribution in [0.2, 0.25) is 0 Å². The predicted molar refractivity (Wildman–Crippen MR) is 84.3 cm³/mol. The van der Waals surface area contributed by atoms with Crippen molar-refractivity contribution in [2.45, 2.75) is 37.2 Å². The third-order valence-electron chi connectivity index (χ3n) is 2.84. The maximum atomic E-state index is 12.0. The van der Waals surface area contributed by atoms with Gasteiger partial charge in [-0.25, -0.2) is 0 Å². The van der Waals surface area contributed by atoms with Gasteiger partial charge in [0.05, 0.1) is 12.4 Å². The fraction of sp³-hybridized carbons (Fsp3) is 0.429. The lowest BCUT2D eigenvalue weighted by Crippen LogP contribution is -2.36. The number of rotatable bonds is 6. The summed E-state index contributed by atoms with van der Waals surface area (Å²) >= 11 is 1.30. The number of amides is 1. The molecule has 7 nitrogen and oxygen atoms in total. The molecular formula is C14H19N5O2S. The standard InChI is InChI=1S/C14H19N5O2S/c1-9(2)15-13(20)10(3)22-14-16-17-18-19(14)11-7-5-6-8-12(11)21-4/h5-10H,1-4H3,(H,15,20)/t10-/m0/s1. The van der Waals surface area contributed by atoms with E-state index in [0.717, 1.165) is 5.69 Å². The Bertz CT molecular complexity index is 644. The minimum absolute atomic E-state index is 0.0467. The fourth-order valence-electron chi connectivity index (χ4n) is 1.82. The second-order valence-corrected chi connectivity index (χ2v) is 6.28. The molecule has 22 heavy (non-hydrogen) atoms. The van der Waals surface area contributed by atoms with Gasteiger partial charge in [-0.3, -0.25) is 4.79 Å². The lowest BCUT2D eigenvalue weighted by atomic mass is 10.3. The highest BCUT2D eigenvalue weighted by molar-refractivity contribution is 8.00. The van der Waals surface area contributed by atoms with Crippen LogP contribution in [0, 0.1) is 0 Å². The van der Waals surface area contributed by atoms with Crippen molar-refractivity contribution in [1.82, 2.24) is 25.5 Å². The van der Waals surface area contributed by atoms with Crippen molar-refractivity contribution in [2.75, 3.05) is 7.11 Å². The van der Waals surface area contributed by atoms with E-state index in [1.165, 1.54) is 11.8 Å². The van der Waals surface area contributed by atoms with Crippen molar-refractivity contribution in [3.05, 3.63) is 24.3 Å². The van der Waals surface area contributed by atoms with Crippen molar-refractivity contribution >= 4 is 17.7 Å². The second kappa shape index (κ2) is 7.26. The number of para-hydroxylation sites is 2. The lowest BCUT2D eigenvalue weighted by Gasteiger charge is -2.14. The van der Waals surface area contributed by atoms with Crippen LogP contribution >= 0.6 is 11.8 Å². The Morgan fingerprint density at radius 1 is 1.32 bits per heavy atom. The molecule has 0 fully saturated rings. The van der Waals surface area contributed by atoms with Crippen LogP contribution in [-0.2, 0) is 4.79 Å². The monoisotopic (exact) mass is 321 g/mol. The Balaban J connectivity index is 2.21. The molecule has 8 heteroatoms. The molecule has 1 heterocycles. The van der Waals surface area contributed by atoms with E-state index in [0.29, 0.717) is 10.9 Å². The minimum atomic E-state index is -0.304. The van der Waals surface area contributed by atoms with Crippen molar-refractivity contribution in [2.24, 2.45) is 0 Å². The van der Waals surface area contributed by atoms with Gasteiger partial charge in [0, 0.05) is 6.04 Å². The number of methoxy groups -OCH3 is 1. The smallest absolute Gasteiger partial charge is 0.233 e. The molecule has 0 aliphatic heterocycles. The molecule has 1 N–H and O–H groups in total. The van der Waals surface area contributed by atoms with Crippen molar-refractivity contribution < 1.29 is 9.53 Å². The summed E-state index contributed by atoms with van der Waals surface area (Å²) in [6.45, 7) is 5.67. The van der Waals surface area contributed by atoms with Crippen LogP contribution in [0.5, 0.6) is 5.75 Å². The number of thioether (sulfide) groups is 1. The summed E-state index contributed by atoms with van der Waals surface area (Å²) in [5.74, 6) is 0.616. The maximum Gasteiger partial charge on any atom is 0.233 e. The van der Waals surface area contributed by atoms with Gasteiger partial charge in [0.15, 0.2) is 0 Å². The second-order valence-electron chi connectivity index (χ2n) is 4.97. The summed E-state index contributed by atoms with van der Waals surface area (Å²) in [5.41, 5.74) is 0.731. The quantitative estimate of drug-likeness (QED) is 0.815. The highest BCUT2D eigenvalue weighted by atomic mass is 32.2. The number of tetrazole rings is 1. The van der Waals surface area contributed by atoms with Gasteiger partial charge in [-0.1, -0.05) is 23.9 Å². The van der Waals surface area contributed by atoms with E-state index in [-0.39, 0.29) is 17.2 Å². The van der Waals surface area contributed by atoms with Crippen LogP contribution in [0.3, 0.4) is 0 Å². The molecule has 1 aromatic carbocycles. The number of benzene rings is 1. The van der Waals surface area contributed by atoms with E-state index in [1.807, 2.05) is 45.0 Å². The average molecular weight is 321 g/mol. The Kier molecular flexibility index (Phi) is 5.37. The zero-order valence-electron chi connectivity index (χ0n) is 13.0. The summed E-state index contributed by atoms with van der Waals surface area (Å²) in [7, 11) is 1.59. The van der Waals surface area contributed by atoms with Crippen LogP contribution in [0.1, 0.15) is 20.8 Å². The van der Waals surface area contributed by atoms with Gasteiger partial charge < -0.3 is 10.1 Å². The number of nitrogens with zero attached hydrogens (tertiary/aromatic N) is 4. The first kappa shape index (κ1) is 16.3. The number of nitrogens with one attached hydrogen (secondary N) is 1. The number of carbonyl (C=O) groups is 1. The number of aromatic nitrogens is 4. The van der Waals surface area contributed by atoms with Gasteiger partial charge in [-0.2, -0.15) is 4.68 Å². The topological polar surface area (TPSA) is 81.9 Å². The van der Waals surface area contributed by atoms with Crippen molar-refractivity contribution in [1.29, 1.82) is 0 Å². The Hall–Kier alpha value is -2.09. The summed E-state index contributed by atoms with van der Waals surface area (Å²) in [6, 6.07) is 7.54. The molecule has 0 unspecified atom stereocenters. The van der Waals surface area contributed by atoms with E-state index in [9.17, 15) is 4.79 Å². The van der Waals surface area contributed by atoms with E-state index >= 15 is 0 Å². The minimum Gasteiger partial charge on any atom is -0.494 e. The van der Waals surface area contributed by atoms with E-state index in [4.69, 9.17) is 4.74 Å². The number of hydrogen-bond donors (Lipinski definition) is 1. The maximum absolute atomic E-state index is 12.0. The highest BCUT2D eigenvalue weighted by Gasteiger charge is 2.20. The van der Waals surface area contributed by atoms with Crippen LogP contribution in [0.15, 0.2) is 29.4 Å². The molecule has 0 aliphatic carbocycles. The molecule has 2 rings (SSSR count). The predicted octanol–water partition coefficient (Wildman–Crippen LogP) is 1.68. The zero-order valence-corrected chi connectivity index (χ0v) is 13.8. The molecule has 0 aliphatic rings. The van der Waals surface area contributed by atoms with Gasteiger partial charge in [-0.15, -0.1) is 5.10 Å². The first-order valence-corrected chi connectivity index (χ1v) is 7.79. The first-order chi connectivity index (χ1) is 10.5. The number of hydrogen-bond acceptors (Lipinski definition) is 6. The van der Waals surface area contributed by atoms with Gasteiger partial charge in [-0.05, 0) is 43.3 Å². The molecule has 0 spiro atoms. The lowest BCUT2D eigenvalue weighted by molar-refractivity contribution is -0.120. The van der Waals surface area contributed by atoms with Crippen molar-refractivity contribution in [3.8, 4) is 11.4 Å². The van der Waals surface area contributed by atoms with E-state index < -0.39 is 0 Å². The van der Waals surface area contributed by atoms with E-state index in [1.54, 1.807) is 11.8 Å².